The van der Waals surface area contributed by atoms with Gasteiger partial charge in [0.25, 0.3) is 0 Å². The monoisotopic (exact) mass is 1010 g/mol. The van der Waals surface area contributed by atoms with Gasteiger partial charge in [-0.25, -0.2) is 0 Å². The first-order chi connectivity index (χ1) is 32.0. The van der Waals surface area contributed by atoms with Crippen LogP contribution >= 0.6 is 17.0 Å². The van der Waals surface area contributed by atoms with Crippen LogP contribution in [0, 0.1) is 46.3 Å². The second-order valence-corrected chi connectivity index (χ2v) is 66.2. The molecule has 0 spiro atoms. The third-order valence-corrected chi connectivity index (χ3v) is 70.6. The predicted octanol–water partition coefficient (Wildman–Crippen LogP) is 18.5. The molecule has 0 amide bonds. The fraction of sp³-hybridized carbons (Fsp3) is 0.548. The Morgan fingerprint density at radius 3 is 1.20 bits per heavy atom. The van der Waals surface area contributed by atoms with Crippen LogP contribution < -0.4 is 0 Å². The summed E-state index contributed by atoms with van der Waals surface area (Å²) in [6.07, 6.45) is 31.2. The van der Waals surface area contributed by atoms with Gasteiger partial charge in [0.1, 0.15) is 0 Å². The normalized spacial score (nSPS) is 33.3. The molecule has 4 aromatic rings. The van der Waals surface area contributed by atoms with Crippen LogP contribution in [-0.4, -0.2) is 5.92 Å². The van der Waals surface area contributed by atoms with Gasteiger partial charge in [-0.3, -0.25) is 0 Å². The number of benzene rings is 4. The molecule has 8 fully saturated rings. The number of halogens is 2. The summed E-state index contributed by atoms with van der Waals surface area (Å²) in [5.41, 5.74) is 18.4. The third-order valence-electron chi connectivity index (χ3n) is 20.2. The molecule has 347 valence electrons. The van der Waals surface area contributed by atoms with E-state index in [4.69, 9.17) is 0 Å². The Morgan fingerprint density at radius 1 is 0.500 bits per heavy atom. The fourth-order valence-corrected chi connectivity index (χ4v) is 59.8. The molecule has 0 saturated heterocycles. The van der Waals surface area contributed by atoms with E-state index in [1.165, 1.54) is 171 Å². The Bertz CT molecular complexity index is 2320. The van der Waals surface area contributed by atoms with Gasteiger partial charge in [0.05, 0.1) is 0 Å². The van der Waals surface area contributed by atoms with Crippen LogP contribution in [0.4, 0.5) is 0 Å². The molecule has 66 heavy (non-hydrogen) atoms. The van der Waals surface area contributed by atoms with Gasteiger partial charge in [0.15, 0.2) is 0 Å². The Kier molecular flexibility index (Phi) is 11.7. The van der Waals surface area contributed by atoms with Crippen LogP contribution in [0.3, 0.4) is 0 Å². The number of hydrogen-bond acceptors (Lipinski definition) is 0. The molecule has 0 aromatic heterocycles. The van der Waals surface area contributed by atoms with Gasteiger partial charge in [0.2, 0.25) is 0 Å². The summed E-state index contributed by atoms with van der Waals surface area (Å²) >= 11 is -5.21. The minimum atomic E-state index is -5.21. The van der Waals surface area contributed by atoms with E-state index < -0.39 is 21.5 Å². The molecule has 0 heterocycles. The Balaban J connectivity index is 1.05. The standard InChI is InChI=1S/2C29H33.C4H11Si.2ClH.Zr/c2*1-2-4-20-7-9-25(10-8-20)27-6-3-5-26-14-24(15-28(26)27)19-29-16-21-11-22(17-29)13-23(12-21)18-29;1-3-4-5-2;;;/h2*3,5-10,14-15,21-23H,2,4,11-13,16-19H2,1H3;5H,3-4H2,1-2H3;2*1H;/q;;;;;+2/p-2. The molecule has 8 bridgehead atoms. The van der Waals surface area contributed by atoms with E-state index in [9.17, 15) is 17.0 Å². The average Bonchev–Trinajstić information content (AvgIpc) is 3.85. The van der Waals surface area contributed by atoms with Crippen LogP contribution in [-0.2, 0) is 28.4 Å². The van der Waals surface area contributed by atoms with Crippen LogP contribution in [0.25, 0.3) is 34.4 Å². The second-order valence-electron chi connectivity index (χ2n) is 24.9. The molecule has 4 aromatic carbocycles. The second kappa shape index (κ2) is 17.1. The van der Waals surface area contributed by atoms with Crippen molar-refractivity contribution in [2.75, 3.05) is 0 Å². The number of aryl methyl sites for hydroxylation is 2. The van der Waals surface area contributed by atoms with E-state index >= 15 is 0 Å². The first kappa shape index (κ1) is 45.2. The quantitative estimate of drug-likeness (QED) is 0.104. The number of fused-ring (bicyclic) bond motifs is 2. The first-order valence-corrected chi connectivity index (χ1v) is 43.4. The van der Waals surface area contributed by atoms with E-state index in [0.29, 0.717) is 10.8 Å². The summed E-state index contributed by atoms with van der Waals surface area (Å²) in [7, 11) is 19.2. The summed E-state index contributed by atoms with van der Waals surface area (Å²) in [6, 6.07) is 35.2. The molecule has 3 atom stereocenters. The zero-order valence-corrected chi connectivity index (χ0v) is 46.0. The molecule has 14 rings (SSSR count). The summed E-state index contributed by atoms with van der Waals surface area (Å²) in [6.45, 7) is 9.71. The molecular weight excluding hydrogens is 935 g/mol. The average molecular weight is 1010 g/mol. The number of hydrogen-bond donors (Lipinski definition) is 0. The van der Waals surface area contributed by atoms with Crippen molar-refractivity contribution in [1.82, 2.24) is 0 Å². The summed E-state index contributed by atoms with van der Waals surface area (Å²) < 4.78 is 0.302. The molecule has 0 aliphatic heterocycles. The zero-order chi connectivity index (χ0) is 45.0. The number of allylic oxidation sites excluding steroid dienone is 2. The molecule has 3 unspecified atom stereocenters. The van der Waals surface area contributed by atoms with E-state index in [1.54, 1.807) is 11.1 Å². The van der Waals surface area contributed by atoms with Crippen molar-refractivity contribution in [2.24, 2.45) is 46.3 Å². The van der Waals surface area contributed by atoms with Gasteiger partial charge in [-0.15, -0.1) is 0 Å². The van der Waals surface area contributed by atoms with Crippen molar-refractivity contribution in [2.45, 2.75) is 163 Å². The third kappa shape index (κ3) is 7.54. The van der Waals surface area contributed by atoms with E-state index in [1.807, 2.05) is 0 Å². The first-order valence-electron chi connectivity index (χ1n) is 27.4. The van der Waals surface area contributed by atoms with Crippen molar-refractivity contribution in [3.63, 3.8) is 0 Å². The molecular formula is C62H77Cl2SiZr. The topological polar surface area (TPSA) is 0 Å². The van der Waals surface area contributed by atoms with Gasteiger partial charge in [0, 0.05) is 0 Å². The van der Waals surface area contributed by atoms with Crippen LogP contribution in [0.1, 0.15) is 171 Å². The van der Waals surface area contributed by atoms with Crippen molar-refractivity contribution in [1.29, 1.82) is 0 Å². The molecule has 10 aliphatic rings. The maximum absolute atomic E-state index is 9.62. The van der Waals surface area contributed by atoms with Gasteiger partial charge < -0.3 is 0 Å². The van der Waals surface area contributed by atoms with Crippen molar-refractivity contribution in [3.8, 4) is 22.3 Å². The van der Waals surface area contributed by atoms with Crippen LogP contribution in [0.15, 0.2) is 96.1 Å². The maximum atomic E-state index is 9.62. The molecule has 8 saturated carbocycles. The van der Waals surface area contributed by atoms with Crippen molar-refractivity contribution in [3.05, 3.63) is 129 Å². The van der Waals surface area contributed by atoms with Crippen LogP contribution in [0.5, 0.6) is 0 Å². The molecule has 0 radical (unpaired) electrons. The van der Waals surface area contributed by atoms with Gasteiger partial charge in [-0.1, -0.05) is 0 Å². The van der Waals surface area contributed by atoms with Crippen LogP contribution in [0.2, 0.25) is 12.6 Å². The minimum absolute atomic E-state index is 0.151. The Labute approximate surface area is 408 Å². The summed E-state index contributed by atoms with van der Waals surface area (Å²) in [5.74, 6) is 3.75. The van der Waals surface area contributed by atoms with Crippen molar-refractivity contribution < 1.29 is 15.6 Å². The molecule has 0 nitrogen and oxygen atoms in total. The van der Waals surface area contributed by atoms with E-state index in [-0.39, 0.29) is 7.25 Å². The van der Waals surface area contributed by atoms with E-state index in [0.717, 1.165) is 48.3 Å². The Morgan fingerprint density at radius 2 is 0.864 bits per heavy atom. The molecule has 4 heteroatoms. The molecule has 10 aliphatic carbocycles. The van der Waals surface area contributed by atoms with Gasteiger partial charge in [-0.05, 0) is 0 Å². The number of rotatable bonds is 15. The zero-order valence-electron chi connectivity index (χ0n) is 40.8. The van der Waals surface area contributed by atoms with Crippen molar-refractivity contribution >= 4 is 35.1 Å². The summed E-state index contributed by atoms with van der Waals surface area (Å²) in [4.78, 5) is 0. The molecule has 0 N–H and O–H groups in total. The van der Waals surface area contributed by atoms with E-state index in [2.05, 4.69) is 124 Å². The fourth-order valence-electron chi connectivity index (χ4n) is 18.6. The Hall–Kier alpha value is -1.96. The SMILES string of the molecule is CCCc1ccc(-c2cccc3c2C=C(CC24CC5CC(CC(C5)C2)C4)[CH]3[Zr]([Cl])([Cl])([CH]2C(CC34CC5CC(CC(C5)C3)C4)=Cc3c(-c4ccc(CCC)cc4)cccc32)[SiH](C)CCC)cc1. The summed E-state index contributed by atoms with van der Waals surface area (Å²) in [5, 5.41) is 0. The van der Waals surface area contributed by atoms with Gasteiger partial charge >= 0.3 is 411 Å². The predicted molar refractivity (Wildman–Crippen MR) is 283 cm³/mol. The van der Waals surface area contributed by atoms with Gasteiger partial charge in [-0.2, -0.15) is 0 Å².